The highest BCUT2D eigenvalue weighted by molar-refractivity contribution is 6.56. The number of amidine groups is 1. The zero-order valence-corrected chi connectivity index (χ0v) is 19.7. The predicted octanol–water partition coefficient (Wildman–Crippen LogP) is 6.75. The number of rotatable bonds is 2. The summed E-state index contributed by atoms with van der Waals surface area (Å²) in [6.45, 7) is 0. The molecule has 0 atom stereocenters. The lowest BCUT2D eigenvalue weighted by molar-refractivity contribution is 0.00110. The Morgan fingerprint density at radius 3 is 2.00 bits per heavy atom. The molecule has 9 aliphatic rings. The number of benzene rings is 1. The molecule has 8 bridgehead atoms. The number of nitrogens with one attached hydrogen (secondary N) is 1. The second-order valence-corrected chi connectivity index (χ2v) is 13.3. The van der Waals surface area contributed by atoms with Crippen LogP contribution < -0.4 is 5.32 Å². The maximum Gasteiger partial charge on any atom is 0.152 e. The number of hydrogen-bond acceptors (Lipinski definition) is 2. The first-order valence-electron chi connectivity index (χ1n) is 13.3. The van der Waals surface area contributed by atoms with Gasteiger partial charge in [0, 0.05) is 16.3 Å². The Kier molecular flexibility index (Phi) is 3.93. The van der Waals surface area contributed by atoms with Crippen molar-refractivity contribution in [1.82, 2.24) is 0 Å². The molecule has 0 aromatic heterocycles. The van der Waals surface area contributed by atoms with Gasteiger partial charge in [-0.05, 0) is 130 Å². The zero-order valence-electron chi connectivity index (χ0n) is 18.9. The Bertz CT molecular complexity index is 976. The highest BCUT2D eigenvalue weighted by Crippen LogP contribution is 2.58. The summed E-state index contributed by atoms with van der Waals surface area (Å²) in [5.74, 6) is 7.36. The SMILES string of the molecule is Clc1ccc2c(c1)C(=NC1C3CC4CC(C3)CC1C4)C(=NC13CC4CC(CC(C4)C1)C3)N2. The first-order valence-corrected chi connectivity index (χ1v) is 13.7. The monoisotopic (exact) mass is 447 g/mol. The van der Waals surface area contributed by atoms with Crippen molar-refractivity contribution in [1.29, 1.82) is 0 Å². The van der Waals surface area contributed by atoms with Gasteiger partial charge in [-0.1, -0.05) is 11.6 Å². The van der Waals surface area contributed by atoms with E-state index in [1.807, 2.05) is 6.07 Å². The lowest BCUT2D eigenvalue weighted by Crippen LogP contribution is -2.50. The van der Waals surface area contributed by atoms with E-state index in [4.69, 9.17) is 21.6 Å². The second kappa shape index (κ2) is 6.62. The Morgan fingerprint density at radius 1 is 0.781 bits per heavy atom. The Labute approximate surface area is 196 Å². The molecule has 4 heteroatoms. The fourth-order valence-electron chi connectivity index (χ4n) is 10.0. The molecule has 10 rings (SSSR count). The van der Waals surface area contributed by atoms with Crippen LogP contribution in [0.4, 0.5) is 5.69 Å². The minimum Gasteiger partial charge on any atom is -0.338 e. The molecule has 0 amide bonds. The van der Waals surface area contributed by atoms with Crippen molar-refractivity contribution in [3.63, 3.8) is 0 Å². The Balaban J connectivity index is 1.21. The average Bonchev–Trinajstić information content (AvgIpc) is 3.04. The van der Waals surface area contributed by atoms with Crippen LogP contribution in [0.15, 0.2) is 28.2 Å². The molecule has 32 heavy (non-hydrogen) atoms. The van der Waals surface area contributed by atoms with Gasteiger partial charge in [0.2, 0.25) is 0 Å². The normalized spacial score (nSPS) is 49.8. The van der Waals surface area contributed by atoms with Crippen LogP contribution in [0.5, 0.6) is 0 Å². The lowest BCUT2D eigenvalue weighted by atomic mass is 9.53. The van der Waals surface area contributed by atoms with Crippen molar-refractivity contribution >= 4 is 28.8 Å². The van der Waals surface area contributed by atoms with E-state index in [1.54, 1.807) is 0 Å². The van der Waals surface area contributed by atoms with E-state index in [9.17, 15) is 0 Å². The summed E-state index contributed by atoms with van der Waals surface area (Å²) in [6, 6.07) is 6.75. The van der Waals surface area contributed by atoms with Crippen molar-refractivity contribution in [2.75, 3.05) is 5.32 Å². The molecular weight excluding hydrogens is 414 g/mol. The van der Waals surface area contributed by atoms with Crippen LogP contribution in [-0.2, 0) is 0 Å². The molecule has 1 N–H and O–H groups in total. The predicted molar refractivity (Wildman–Crippen MR) is 131 cm³/mol. The van der Waals surface area contributed by atoms with E-state index >= 15 is 0 Å². The molecule has 8 fully saturated rings. The molecule has 0 radical (unpaired) electrons. The van der Waals surface area contributed by atoms with E-state index in [0.717, 1.165) is 63.7 Å². The second-order valence-electron chi connectivity index (χ2n) is 12.8. The number of fused-ring (bicyclic) bond motifs is 1. The molecule has 1 aliphatic heterocycles. The smallest absolute Gasteiger partial charge is 0.152 e. The molecule has 168 valence electrons. The van der Waals surface area contributed by atoms with Gasteiger partial charge in [-0.15, -0.1) is 0 Å². The molecular formula is C28H34ClN3. The largest absolute Gasteiger partial charge is 0.338 e. The minimum absolute atomic E-state index is 0.160. The molecule has 8 aliphatic carbocycles. The van der Waals surface area contributed by atoms with E-state index in [2.05, 4.69) is 17.4 Å². The summed E-state index contributed by atoms with van der Waals surface area (Å²) in [5.41, 5.74) is 3.64. The van der Waals surface area contributed by atoms with E-state index in [-0.39, 0.29) is 5.54 Å². The lowest BCUT2D eigenvalue weighted by Gasteiger charge is -2.55. The van der Waals surface area contributed by atoms with Crippen molar-refractivity contribution < 1.29 is 0 Å². The summed E-state index contributed by atoms with van der Waals surface area (Å²) in [7, 11) is 0. The topological polar surface area (TPSA) is 36.8 Å². The van der Waals surface area contributed by atoms with Gasteiger partial charge < -0.3 is 5.32 Å². The molecule has 0 saturated heterocycles. The fraction of sp³-hybridized carbons (Fsp3) is 0.714. The van der Waals surface area contributed by atoms with Gasteiger partial charge in [-0.3, -0.25) is 9.98 Å². The minimum atomic E-state index is 0.160. The fourth-order valence-corrected chi connectivity index (χ4v) is 10.2. The van der Waals surface area contributed by atoms with Gasteiger partial charge in [0.1, 0.15) is 5.71 Å². The maximum atomic E-state index is 6.48. The van der Waals surface area contributed by atoms with Crippen LogP contribution in [0.1, 0.15) is 76.2 Å². The quantitative estimate of drug-likeness (QED) is 0.535. The third-order valence-electron chi connectivity index (χ3n) is 10.5. The zero-order chi connectivity index (χ0) is 21.0. The van der Waals surface area contributed by atoms with Crippen molar-refractivity contribution in [2.24, 2.45) is 51.4 Å². The van der Waals surface area contributed by atoms with Crippen LogP contribution in [0.2, 0.25) is 5.02 Å². The summed E-state index contributed by atoms with van der Waals surface area (Å²) in [6.07, 6.45) is 15.4. The van der Waals surface area contributed by atoms with Gasteiger partial charge in [0.05, 0.1) is 11.6 Å². The molecule has 8 saturated carbocycles. The first-order chi connectivity index (χ1) is 15.6. The van der Waals surface area contributed by atoms with E-state index in [1.165, 1.54) is 76.2 Å². The standard InChI is InChI=1S/C28H34ClN3/c29-22-1-2-24-23(11-22)26(31-25-20-7-15-3-16(9-20)10-21(25)8-15)27(30-24)32-28-12-17-4-18(13-28)6-19(5-17)14-28/h1-2,11,15-21,25H,3-10,12-14H2,(H,30,31,32). The van der Waals surface area contributed by atoms with Crippen molar-refractivity contribution in [2.45, 2.75) is 82.2 Å². The van der Waals surface area contributed by atoms with Crippen LogP contribution in [0.25, 0.3) is 0 Å². The third kappa shape index (κ3) is 2.85. The van der Waals surface area contributed by atoms with Gasteiger partial charge >= 0.3 is 0 Å². The van der Waals surface area contributed by atoms with Gasteiger partial charge in [-0.2, -0.15) is 0 Å². The average molecular weight is 448 g/mol. The van der Waals surface area contributed by atoms with Gasteiger partial charge in [-0.25, -0.2) is 0 Å². The van der Waals surface area contributed by atoms with E-state index < -0.39 is 0 Å². The van der Waals surface area contributed by atoms with Crippen molar-refractivity contribution in [3.05, 3.63) is 28.8 Å². The molecule has 0 spiro atoms. The summed E-state index contributed by atoms with van der Waals surface area (Å²) in [5, 5.41) is 4.53. The van der Waals surface area contributed by atoms with Crippen LogP contribution in [-0.4, -0.2) is 23.1 Å². The Hall–Kier alpha value is -1.35. The molecule has 1 aromatic carbocycles. The van der Waals surface area contributed by atoms with E-state index in [0.29, 0.717) is 6.04 Å². The van der Waals surface area contributed by atoms with Crippen LogP contribution in [0, 0.1) is 41.4 Å². The number of aliphatic imine (C=N–C) groups is 2. The van der Waals surface area contributed by atoms with Crippen LogP contribution >= 0.6 is 11.6 Å². The van der Waals surface area contributed by atoms with Gasteiger partial charge in [0.25, 0.3) is 0 Å². The summed E-state index contributed by atoms with van der Waals surface area (Å²) in [4.78, 5) is 11.2. The number of nitrogens with zero attached hydrogens (tertiary/aromatic N) is 2. The highest BCUT2D eigenvalue weighted by Gasteiger charge is 2.52. The number of halogens is 1. The van der Waals surface area contributed by atoms with Gasteiger partial charge in [0.15, 0.2) is 5.84 Å². The first kappa shape index (κ1) is 19.0. The summed E-state index contributed by atoms with van der Waals surface area (Å²) < 4.78 is 0. The van der Waals surface area contributed by atoms with Crippen LogP contribution in [0.3, 0.4) is 0 Å². The summed E-state index contributed by atoms with van der Waals surface area (Å²) >= 11 is 6.48. The molecule has 0 unspecified atom stereocenters. The molecule has 1 aromatic rings. The number of anilines is 1. The highest BCUT2D eigenvalue weighted by atomic mass is 35.5. The maximum absolute atomic E-state index is 6.48. The third-order valence-corrected chi connectivity index (χ3v) is 10.8. The molecule has 3 nitrogen and oxygen atoms in total. The van der Waals surface area contributed by atoms with Crippen molar-refractivity contribution in [3.8, 4) is 0 Å². The number of hydrogen-bond donors (Lipinski definition) is 1. The Morgan fingerprint density at radius 2 is 1.38 bits per heavy atom. The molecule has 1 heterocycles.